The molecule has 3 rings (SSSR count). The molecule has 0 bridgehead atoms. The monoisotopic (exact) mass is 446 g/mol. The van der Waals surface area contributed by atoms with Crippen molar-refractivity contribution in [2.24, 2.45) is 0 Å². The van der Waals surface area contributed by atoms with Gasteiger partial charge in [-0.2, -0.15) is 0 Å². The van der Waals surface area contributed by atoms with E-state index in [0.717, 1.165) is 11.1 Å². The summed E-state index contributed by atoms with van der Waals surface area (Å²) in [5.41, 5.74) is 3.53. The molecule has 0 atom stereocenters. The molecule has 2 N–H and O–H groups in total. The fourth-order valence-corrected chi connectivity index (χ4v) is 2.98. The average molecular weight is 447 g/mol. The molecule has 2 aromatic carbocycles. The number of benzene rings is 2. The van der Waals surface area contributed by atoms with Crippen molar-refractivity contribution in [1.82, 2.24) is 9.88 Å². The molecule has 1 heterocycles. The van der Waals surface area contributed by atoms with Crippen LogP contribution in [0, 0.1) is 6.92 Å². The normalized spacial score (nSPS) is 10.4. The maximum absolute atomic E-state index is 12.8. The lowest BCUT2D eigenvalue weighted by atomic mass is 10.1. The third-order valence-electron chi connectivity index (χ3n) is 4.54. The number of aromatic nitrogens is 1. The Morgan fingerprint density at radius 2 is 1.67 bits per heavy atom. The van der Waals surface area contributed by atoms with Crippen molar-refractivity contribution in [2.45, 2.75) is 33.7 Å². The molecule has 0 radical (unpaired) electrons. The van der Waals surface area contributed by atoms with E-state index in [0.29, 0.717) is 23.4 Å². The molecule has 0 saturated heterocycles. The second-order valence-electron chi connectivity index (χ2n) is 7.55. The molecule has 0 saturated carbocycles. The lowest BCUT2D eigenvalue weighted by Crippen LogP contribution is -2.29. The molecule has 0 spiro atoms. The molecule has 6 heteroatoms. The largest absolute Gasteiger partial charge is 0.480 e. The number of carboxylic acids is 1. The Labute approximate surface area is 194 Å². The number of nitrogens with one attached hydrogen (secondary N) is 1. The van der Waals surface area contributed by atoms with Gasteiger partial charge in [-0.25, -0.2) is 0 Å². The predicted molar refractivity (Wildman–Crippen MR) is 130 cm³/mol. The second kappa shape index (κ2) is 12.8. The van der Waals surface area contributed by atoms with Crippen molar-refractivity contribution in [3.63, 3.8) is 0 Å². The van der Waals surface area contributed by atoms with Gasteiger partial charge in [0.15, 0.2) is 0 Å². The summed E-state index contributed by atoms with van der Waals surface area (Å²) in [6.45, 7) is 6.30. The number of hydrogen-bond donors (Lipinski definition) is 2. The summed E-state index contributed by atoms with van der Waals surface area (Å²) in [5.74, 6) is -1.57. The average Bonchev–Trinajstić information content (AvgIpc) is 3.27. The van der Waals surface area contributed by atoms with Crippen LogP contribution in [0.4, 0.5) is 0 Å². The van der Waals surface area contributed by atoms with Gasteiger partial charge in [0.2, 0.25) is 5.78 Å². The van der Waals surface area contributed by atoms with E-state index in [1.807, 2.05) is 66.2 Å². The van der Waals surface area contributed by atoms with Crippen LogP contribution in [0.5, 0.6) is 0 Å². The number of allylic oxidation sites excluding steroid dienone is 1. The molecule has 172 valence electrons. The van der Waals surface area contributed by atoms with E-state index in [1.54, 1.807) is 24.3 Å². The third kappa shape index (κ3) is 7.92. The van der Waals surface area contributed by atoms with Gasteiger partial charge in [-0.05, 0) is 36.8 Å². The Morgan fingerprint density at radius 1 is 0.970 bits per heavy atom. The lowest BCUT2D eigenvalue weighted by molar-refractivity contribution is -0.135. The van der Waals surface area contributed by atoms with Crippen LogP contribution in [0.2, 0.25) is 0 Å². The van der Waals surface area contributed by atoms with Crippen LogP contribution in [0.25, 0.3) is 6.08 Å². The Bertz CT molecular complexity index is 1110. The van der Waals surface area contributed by atoms with Crippen LogP contribution in [0.15, 0.2) is 72.9 Å². The number of ketones is 1. The minimum absolute atomic E-state index is 0.0366. The summed E-state index contributed by atoms with van der Waals surface area (Å²) >= 11 is 0. The number of rotatable bonds is 8. The van der Waals surface area contributed by atoms with Crippen LogP contribution in [0.3, 0.4) is 0 Å². The number of amides is 1. The first-order valence-corrected chi connectivity index (χ1v) is 10.9. The number of aryl methyl sites for hydroxylation is 1. The van der Waals surface area contributed by atoms with Crippen molar-refractivity contribution in [3.8, 4) is 0 Å². The van der Waals surface area contributed by atoms with E-state index in [2.05, 4.69) is 19.2 Å². The zero-order chi connectivity index (χ0) is 24.2. The van der Waals surface area contributed by atoms with E-state index in [4.69, 9.17) is 5.11 Å². The minimum atomic E-state index is -1.10. The molecule has 1 aromatic heterocycles. The van der Waals surface area contributed by atoms with Crippen molar-refractivity contribution < 1.29 is 19.5 Å². The van der Waals surface area contributed by atoms with E-state index in [-0.39, 0.29) is 5.78 Å². The Hall–Kier alpha value is -3.93. The highest BCUT2D eigenvalue weighted by Gasteiger charge is 2.12. The van der Waals surface area contributed by atoms with Gasteiger partial charge in [0.1, 0.15) is 6.54 Å². The van der Waals surface area contributed by atoms with Crippen LogP contribution in [-0.2, 0) is 11.3 Å². The molecule has 0 fully saturated rings. The molecular formula is C27H30N2O4. The Morgan fingerprint density at radius 3 is 2.33 bits per heavy atom. The van der Waals surface area contributed by atoms with Gasteiger partial charge in [-0.3, -0.25) is 14.4 Å². The van der Waals surface area contributed by atoms with E-state index >= 15 is 0 Å². The van der Waals surface area contributed by atoms with Crippen molar-refractivity contribution in [2.75, 3.05) is 6.54 Å². The van der Waals surface area contributed by atoms with Gasteiger partial charge < -0.3 is 15.0 Å². The molecule has 3 aromatic rings. The highest BCUT2D eigenvalue weighted by atomic mass is 16.4. The number of nitrogens with zero attached hydrogens (tertiary/aromatic N) is 1. The fraction of sp³-hybridized carbons (Fsp3) is 0.222. The number of hydrogen-bond acceptors (Lipinski definition) is 3. The number of carbonyl (C=O) groups is 3. The first-order chi connectivity index (χ1) is 15.8. The Kier molecular flexibility index (Phi) is 9.83. The number of carboxylic acid groups (broad SMARTS) is 1. The quantitative estimate of drug-likeness (QED) is 0.478. The van der Waals surface area contributed by atoms with Gasteiger partial charge in [-0.15, -0.1) is 0 Å². The van der Waals surface area contributed by atoms with Crippen LogP contribution < -0.4 is 5.32 Å². The number of carbonyl (C=O) groups excluding carboxylic acids is 2. The van der Waals surface area contributed by atoms with Crippen LogP contribution in [0.1, 0.15) is 57.8 Å². The fourth-order valence-electron chi connectivity index (χ4n) is 2.98. The van der Waals surface area contributed by atoms with Crippen molar-refractivity contribution in [3.05, 3.63) is 101 Å². The molecule has 0 aliphatic rings. The standard InChI is InChI=1S/C24H22N2O4.C3H8/c1-17-9-11-19(12-10-17)23(29)21-8-4-14-26(21)13-3-6-18-5-2-7-20(15-18)24(30)25-16-22(27)28;1-3-2/h2-12,14-15H,13,16H2,1H3,(H,25,30)(H,27,28);3H2,1-2H3/b6-3+;. The molecule has 0 unspecified atom stereocenters. The maximum atomic E-state index is 12.8. The number of aliphatic carboxylic acids is 1. The predicted octanol–water partition coefficient (Wildman–Crippen LogP) is 4.97. The topological polar surface area (TPSA) is 88.4 Å². The van der Waals surface area contributed by atoms with Gasteiger partial charge in [0.05, 0.1) is 5.69 Å². The zero-order valence-corrected chi connectivity index (χ0v) is 19.2. The summed E-state index contributed by atoms with van der Waals surface area (Å²) in [7, 11) is 0. The highest BCUT2D eigenvalue weighted by Crippen LogP contribution is 2.13. The highest BCUT2D eigenvalue weighted by molar-refractivity contribution is 6.08. The van der Waals surface area contributed by atoms with Crippen LogP contribution in [-0.4, -0.2) is 33.9 Å². The molecule has 0 aliphatic carbocycles. The molecule has 0 aliphatic heterocycles. The second-order valence-corrected chi connectivity index (χ2v) is 7.55. The summed E-state index contributed by atoms with van der Waals surface area (Å²) in [4.78, 5) is 35.4. The maximum Gasteiger partial charge on any atom is 0.322 e. The first kappa shape index (κ1) is 25.3. The van der Waals surface area contributed by atoms with E-state index < -0.39 is 18.4 Å². The Balaban J connectivity index is 0.00000122. The smallest absolute Gasteiger partial charge is 0.322 e. The summed E-state index contributed by atoms with van der Waals surface area (Å²) < 4.78 is 1.86. The zero-order valence-electron chi connectivity index (χ0n) is 19.2. The van der Waals surface area contributed by atoms with Gasteiger partial charge in [0, 0.05) is 23.9 Å². The molecule has 1 amide bonds. The summed E-state index contributed by atoms with van der Waals surface area (Å²) in [6.07, 6.45) is 6.86. The minimum Gasteiger partial charge on any atom is -0.480 e. The van der Waals surface area contributed by atoms with E-state index in [9.17, 15) is 14.4 Å². The lowest BCUT2D eigenvalue weighted by Gasteiger charge is -2.07. The molecule has 33 heavy (non-hydrogen) atoms. The van der Waals surface area contributed by atoms with Crippen molar-refractivity contribution in [1.29, 1.82) is 0 Å². The summed E-state index contributed by atoms with van der Waals surface area (Å²) in [5, 5.41) is 11.0. The molecule has 6 nitrogen and oxygen atoms in total. The SMILES string of the molecule is CCC.Cc1ccc(C(=O)c2cccn2C/C=C/c2cccc(C(=O)NCC(=O)O)c2)cc1. The first-order valence-electron chi connectivity index (χ1n) is 10.9. The third-order valence-corrected chi connectivity index (χ3v) is 4.54. The van der Waals surface area contributed by atoms with Gasteiger partial charge in [-0.1, -0.05) is 74.4 Å². The van der Waals surface area contributed by atoms with Crippen LogP contribution >= 0.6 is 0 Å². The summed E-state index contributed by atoms with van der Waals surface area (Å²) in [6, 6.07) is 18.0. The van der Waals surface area contributed by atoms with E-state index in [1.165, 1.54) is 6.42 Å². The van der Waals surface area contributed by atoms with Crippen molar-refractivity contribution >= 4 is 23.7 Å². The molecular weight excluding hydrogens is 416 g/mol. The van der Waals surface area contributed by atoms with Gasteiger partial charge >= 0.3 is 5.97 Å². The van der Waals surface area contributed by atoms with Gasteiger partial charge in [0.25, 0.3) is 5.91 Å².